The van der Waals surface area contributed by atoms with Gasteiger partial charge in [-0.1, -0.05) is 12.1 Å². The number of hydrogen-bond acceptors (Lipinski definition) is 4. The van der Waals surface area contributed by atoms with Crippen molar-refractivity contribution in [3.05, 3.63) is 24.3 Å². The Bertz CT molecular complexity index is 543. The lowest BCUT2D eigenvalue weighted by atomic mass is 10.3. The minimum Gasteiger partial charge on any atom is -0.391 e. The molecule has 0 aliphatic carbocycles. The van der Waals surface area contributed by atoms with Crippen molar-refractivity contribution in [2.75, 3.05) is 18.0 Å². The van der Waals surface area contributed by atoms with E-state index in [1.807, 2.05) is 11.0 Å². The minimum atomic E-state index is -3.52. The Kier molecular flexibility index (Phi) is 4.13. The number of nitrogens with one attached hydrogen (secondary N) is 1. The topological polar surface area (TPSA) is 69.6 Å². The number of β-amino-alcohol motifs (C(OH)–C–C–N with tert-alkyl or cyclic N) is 1. The van der Waals surface area contributed by atoms with Crippen LogP contribution in [0.25, 0.3) is 0 Å². The number of benzene rings is 1. The lowest BCUT2D eigenvalue weighted by Gasteiger charge is -2.22. The minimum absolute atomic E-state index is 0.151. The summed E-state index contributed by atoms with van der Waals surface area (Å²) in [4.78, 5) is 2.19. The quantitative estimate of drug-likeness (QED) is 0.863. The van der Waals surface area contributed by atoms with Gasteiger partial charge in [0.1, 0.15) is 4.90 Å². The van der Waals surface area contributed by atoms with E-state index in [0.29, 0.717) is 25.2 Å². The summed E-state index contributed by atoms with van der Waals surface area (Å²) in [5.74, 6) is 0. The zero-order chi connectivity index (χ0) is 14.0. The molecule has 1 aliphatic rings. The molecule has 0 bridgehead atoms. The highest BCUT2D eigenvalue weighted by Crippen LogP contribution is 2.28. The summed E-state index contributed by atoms with van der Waals surface area (Å²) >= 11 is 0. The maximum atomic E-state index is 12.3. The Hall–Kier alpha value is -1.11. The molecule has 0 aromatic heterocycles. The van der Waals surface area contributed by atoms with E-state index in [9.17, 15) is 13.5 Å². The number of anilines is 1. The van der Waals surface area contributed by atoms with Crippen molar-refractivity contribution in [3.8, 4) is 0 Å². The van der Waals surface area contributed by atoms with E-state index < -0.39 is 10.0 Å². The fraction of sp³-hybridized carbons (Fsp3) is 0.538. The standard InChI is InChI=1S/C13H20N2O3S/c1-10(2)14-19(17,18)13-6-4-3-5-12(13)15-8-7-11(16)9-15/h3-6,10-11,14,16H,7-9H2,1-2H3/t11-/m0/s1. The van der Waals surface area contributed by atoms with Crippen LogP contribution in [0.1, 0.15) is 20.3 Å². The highest BCUT2D eigenvalue weighted by molar-refractivity contribution is 7.89. The van der Waals surface area contributed by atoms with Crippen LogP contribution in [0.4, 0.5) is 5.69 Å². The molecule has 5 nitrogen and oxygen atoms in total. The molecule has 1 fully saturated rings. The molecule has 1 aliphatic heterocycles. The molecule has 2 rings (SSSR count). The van der Waals surface area contributed by atoms with Gasteiger partial charge in [0.25, 0.3) is 0 Å². The van der Waals surface area contributed by atoms with Gasteiger partial charge in [0.05, 0.1) is 11.8 Å². The molecule has 1 aromatic carbocycles. The van der Waals surface area contributed by atoms with Crippen LogP contribution in [0.15, 0.2) is 29.2 Å². The molecule has 6 heteroatoms. The van der Waals surface area contributed by atoms with Gasteiger partial charge in [-0.3, -0.25) is 0 Å². The average molecular weight is 284 g/mol. The van der Waals surface area contributed by atoms with Crippen molar-refractivity contribution in [3.63, 3.8) is 0 Å². The van der Waals surface area contributed by atoms with Gasteiger partial charge in [-0.2, -0.15) is 0 Å². The van der Waals surface area contributed by atoms with E-state index >= 15 is 0 Å². The van der Waals surface area contributed by atoms with Crippen LogP contribution in [-0.2, 0) is 10.0 Å². The zero-order valence-electron chi connectivity index (χ0n) is 11.2. The van der Waals surface area contributed by atoms with Crippen LogP contribution < -0.4 is 9.62 Å². The Morgan fingerprint density at radius 1 is 1.37 bits per heavy atom. The first-order valence-corrected chi connectivity index (χ1v) is 7.93. The third-order valence-electron chi connectivity index (χ3n) is 3.05. The van der Waals surface area contributed by atoms with Crippen molar-refractivity contribution in [1.29, 1.82) is 0 Å². The summed E-state index contributed by atoms with van der Waals surface area (Å²) in [6, 6.07) is 6.76. The molecule has 19 heavy (non-hydrogen) atoms. The van der Waals surface area contributed by atoms with Crippen LogP contribution in [0.3, 0.4) is 0 Å². The van der Waals surface area contributed by atoms with Crippen LogP contribution in [-0.4, -0.2) is 38.8 Å². The monoisotopic (exact) mass is 284 g/mol. The molecule has 0 spiro atoms. The van der Waals surface area contributed by atoms with Crippen LogP contribution in [0, 0.1) is 0 Å². The maximum Gasteiger partial charge on any atom is 0.242 e. The van der Waals surface area contributed by atoms with Crippen LogP contribution in [0.5, 0.6) is 0 Å². The summed E-state index contributed by atoms with van der Waals surface area (Å²) in [5, 5.41) is 9.59. The number of aliphatic hydroxyl groups is 1. The van der Waals surface area contributed by atoms with E-state index in [2.05, 4.69) is 4.72 Å². The Morgan fingerprint density at radius 3 is 2.63 bits per heavy atom. The molecule has 2 N–H and O–H groups in total. The number of aliphatic hydroxyl groups excluding tert-OH is 1. The highest BCUT2D eigenvalue weighted by Gasteiger charge is 2.26. The van der Waals surface area contributed by atoms with Crippen molar-refractivity contribution in [1.82, 2.24) is 4.72 Å². The predicted octanol–water partition coefficient (Wildman–Crippen LogP) is 0.944. The van der Waals surface area contributed by atoms with Gasteiger partial charge in [0.15, 0.2) is 0 Å². The molecule has 1 aromatic rings. The van der Waals surface area contributed by atoms with E-state index in [0.717, 1.165) is 0 Å². The molecule has 1 heterocycles. The Morgan fingerprint density at radius 2 is 2.05 bits per heavy atom. The molecule has 106 valence electrons. The average Bonchev–Trinajstić information content (AvgIpc) is 2.74. The van der Waals surface area contributed by atoms with E-state index in [4.69, 9.17) is 0 Å². The van der Waals surface area contributed by atoms with Crippen molar-refractivity contribution < 1.29 is 13.5 Å². The predicted molar refractivity (Wildman–Crippen MR) is 74.7 cm³/mol. The molecule has 0 unspecified atom stereocenters. The van der Waals surface area contributed by atoms with Gasteiger partial charge in [-0.05, 0) is 32.4 Å². The smallest absolute Gasteiger partial charge is 0.242 e. The van der Waals surface area contributed by atoms with Crippen molar-refractivity contribution in [2.45, 2.75) is 37.3 Å². The molecule has 0 radical (unpaired) electrons. The first kappa shape index (κ1) is 14.3. The van der Waals surface area contributed by atoms with Gasteiger partial charge in [-0.15, -0.1) is 0 Å². The van der Waals surface area contributed by atoms with Crippen LogP contribution >= 0.6 is 0 Å². The number of sulfonamides is 1. The lowest BCUT2D eigenvalue weighted by Crippen LogP contribution is -2.32. The second-order valence-corrected chi connectivity index (χ2v) is 6.81. The molecule has 0 saturated carbocycles. The summed E-state index contributed by atoms with van der Waals surface area (Å²) in [6.45, 7) is 4.74. The molecular weight excluding hydrogens is 264 g/mol. The van der Waals surface area contributed by atoms with E-state index in [1.54, 1.807) is 32.0 Å². The lowest BCUT2D eigenvalue weighted by molar-refractivity contribution is 0.198. The maximum absolute atomic E-state index is 12.3. The number of nitrogens with zero attached hydrogens (tertiary/aromatic N) is 1. The van der Waals surface area contributed by atoms with Crippen molar-refractivity contribution in [2.24, 2.45) is 0 Å². The number of para-hydroxylation sites is 1. The third kappa shape index (κ3) is 3.26. The fourth-order valence-electron chi connectivity index (χ4n) is 2.28. The molecule has 1 saturated heterocycles. The molecular formula is C13H20N2O3S. The van der Waals surface area contributed by atoms with Gasteiger partial charge >= 0.3 is 0 Å². The molecule has 1 atom stereocenters. The summed E-state index contributed by atoms with van der Waals surface area (Å²) in [5.41, 5.74) is 0.659. The second kappa shape index (κ2) is 5.48. The van der Waals surface area contributed by atoms with Gasteiger partial charge < -0.3 is 10.0 Å². The van der Waals surface area contributed by atoms with Crippen LogP contribution in [0.2, 0.25) is 0 Å². The van der Waals surface area contributed by atoms with E-state index in [1.165, 1.54) is 0 Å². The zero-order valence-corrected chi connectivity index (χ0v) is 12.0. The Balaban J connectivity index is 2.36. The van der Waals surface area contributed by atoms with Crippen molar-refractivity contribution >= 4 is 15.7 Å². The largest absolute Gasteiger partial charge is 0.391 e. The van der Waals surface area contributed by atoms with Gasteiger partial charge in [0, 0.05) is 19.1 Å². The SMILES string of the molecule is CC(C)NS(=O)(=O)c1ccccc1N1CC[C@H](O)C1. The summed E-state index contributed by atoms with van der Waals surface area (Å²) in [6.07, 6.45) is 0.292. The third-order valence-corrected chi connectivity index (χ3v) is 4.76. The normalized spacial score (nSPS) is 20.2. The van der Waals surface area contributed by atoms with E-state index in [-0.39, 0.29) is 17.0 Å². The molecule has 0 amide bonds. The van der Waals surface area contributed by atoms with Gasteiger partial charge in [0.2, 0.25) is 10.0 Å². The second-order valence-electron chi connectivity index (χ2n) is 5.13. The highest BCUT2D eigenvalue weighted by atomic mass is 32.2. The fourth-order valence-corrected chi connectivity index (χ4v) is 3.76. The summed E-state index contributed by atoms with van der Waals surface area (Å²) < 4.78 is 27.2. The summed E-state index contributed by atoms with van der Waals surface area (Å²) in [7, 11) is -3.52. The van der Waals surface area contributed by atoms with Gasteiger partial charge in [-0.25, -0.2) is 13.1 Å². The Labute approximate surface area is 114 Å². The number of rotatable bonds is 4. The number of hydrogen-bond donors (Lipinski definition) is 2. The first-order valence-electron chi connectivity index (χ1n) is 6.44. The first-order chi connectivity index (χ1) is 8.90.